The molecule has 1 aromatic carbocycles. The fraction of sp³-hybridized carbons (Fsp3) is 0.526. The van der Waals surface area contributed by atoms with Crippen molar-refractivity contribution in [2.24, 2.45) is 5.92 Å². The molecule has 0 fully saturated rings. The predicted molar refractivity (Wildman–Crippen MR) is 97.4 cm³/mol. The van der Waals surface area contributed by atoms with Crippen LogP contribution in [0.5, 0.6) is 0 Å². The summed E-state index contributed by atoms with van der Waals surface area (Å²) in [7, 11) is 0. The quantitative estimate of drug-likeness (QED) is 0.807. The van der Waals surface area contributed by atoms with E-state index in [0.717, 1.165) is 5.56 Å². The van der Waals surface area contributed by atoms with E-state index in [1.807, 2.05) is 32.0 Å². The molecule has 7 nitrogen and oxygen atoms in total. The van der Waals surface area contributed by atoms with Gasteiger partial charge >= 0.3 is 12.2 Å². The Morgan fingerprint density at radius 2 is 1.65 bits per heavy atom. The first kappa shape index (κ1) is 21.5. The van der Waals surface area contributed by atoms with Crippen molar-refractivity contribution in [2.75, 3.05) is 0 Å². The highest BCUT2D eigenvalue weighted by molar-refractivity contribution is 5.96. The molecule has 0 spiro atoms. The van der Waals surface area contributed by atoms with Crippen molar-refractivity contribution in [3.05, 3.63) is 35.9 Å². The van der Waals surface area contributed by atoms with E-state index in [2.05, 4.69) is 10.6 Å². The van der Waals surface area contributed by atoms with Crippen LogP contribution in [0.15, 0.2) is 30.3 Å². The molecule has 0 saturated heterocycles. The second-order valence-corrected chi connectivity index (χ2v) is 7.38. The number of hydrogen-bond acceptors (Lipinski definition) is 5. The molecule has 1 aromatic rings. The van der Waals surface area contributed by atoms with Gasteiger partial charge in [0.05, 0.1) is 0 Å². The van der Waals surface area contributed by atoms with E-state index in [-0.39, 0.29) is 12.5 Å². The van der Waals surface area contributed by atoms with Gasteiger partial charge in [-0.1, -0.05) is 44.2 Å². The first-order valence-electron chi connectivity index (χ1n) is 8.58. The number of carbonyl (C=O) groups excluding carboxylic acids is 3. The zero-order valence-electron chi connectivity index (χ0n) is 16.0. The third-order valence-electron chi connectivity index (χ3n) is 3.15. The fourth-order valence-corrected chi connectivity index (χ4v) is 2.10. The maximum Gasteiger partial charge on any atom is 0.414 e. The lowest BCUT2D eigenvalue weighted by atomic mass is 10.0. The zero-order chi connectivity index (χ0) is 19.7. The summed E-state index contributed by atoms with van der Waals surface area (Å²) < 4.78 is 10.2. The molecule has 0 heterocycles. The number of ether oxygens (including phenoxy) is 2. The molecule has 1 atom stereocenters. The largest absolute Gasteiger partial charge is 0.444 e. The van der Waals surface area contributed by atoms with Crippen molar-refractivity contribution in [1.29, 1.82) is 0 Å². The summed E-state index contributed by atoms with van der Waals surface area (Å²) >= 11 is 0. The predicted octanol–water partition coefficient (Wildman–Crippen LogP) is 3.38. The minimum Gasteiger partial charge on any atom is -0.444 e. The molecule has 1 unspecified atom stereocenters. The molecular formula is C19H28N2O5. The molecule has 1 rings (SSSR count). The van der Waals surface area contributed by atoms with Gasteiger partial charge in [0, 0.05) is 0 Å². The second kappa shape index (κ2) is 9.79. The van der Waals surface area contributed by atoms with E-state index in [9.17, 15) is 14.4 Å². The third-order valence-corrected chi connectivity index (χ3v) is 3.15. The molecule has 0 aromatic heterocycles. The van der Waals surface area contributed by atoms with Crippen molar-refractivity contribution >= 4 is 18.1 Å². The van der Waals surface area contributed by atoms with Gasteiger partial charge in [-0.25, -0.2) is 9.59 Å². The number of nitrogens with one attached hydrogen (secondary N) is 2. The van der Waals surface area contributed by atoms with Crippen LogP contribution < -0.4 is 10.6 Å². The monoisotopic (exact) mass is 364 g/mol. The molecule has 0 aliphatic heterocycles. The Bertz CT molecular complexity index is 608. The molecule has 26 heavy (non-hydrogen) atoms. The van der Waals surface area contributed by atoms with E-state index >= 15 is 0 Å². The van der Waals surface area contributed by atoms with E-state index in [1.54, 1.807) is 32.9 Å². The van der Waals surface area contributed by atoms with Crippen LogP contribution in [-0.4, -0.2) is 29.7 Å². The first-order chi connectivity index (χ1) is 12.1. The van der Waals surface area contributed by atoms with E-state index in [4.69, 9.17) is 9.47 Å². The van der Waals surface area contributed by atoms with Gasteiger partial charge < -0.3 is 14.8 Å². The van der Waals surface area contributed by atoms with Gasteiger partial charge in [-0.3, -0.25) is 10.1 Å². The molecule has 0 saturated carbocycles. The zero-order valence-corrected chi connectivity index (χ0v) is 16.0. The average Bonchev–Trinajstić information content (AvgIpc) is 2.51. The van der Waals surface area contributed by atoms with Crippen molar-refractivity contribution in [1.82, 2.24) is 10.6 Å². The van der Waals surface area contributed by atoms with Crippen LogP contribution in [0.25, 0.3) is 0 Å². The lowest BCUT2D eigenvalue weighted by Gasteiger charge is -2.23. The lowest BCUT2D eigenvalue weighted by Crippen LogP contribution is -2.50. The summed E-state index contributed by atoms with van der Waals surface area (Å²) in [5.41, 5.74) is 0.123. The van der Waals surface area contributed by atoms with E-state index in [1.165, 1.54) is 0 Å². The van der Waals surface area contributed by atoms with Gasteiger partial charge in [-0.2, -0.15) is 0 Å². The summed E-state index contributed by atoms with van der Waals surface area (Å²) in [5, 5.41) is 4.66. The number of hydrogen-bond donors (Lipinski definition) is 2. The fourth-order valence-electron chi connectivity index (χ4n) is 2.10. The maximum absolute atomic E-state index is 12.3. The number of rotatable bonds is 6. The Hall–Kier alpha value is -2.57. The van der Waals surface area contributed by atoms with Gasteiger partial charge in [0.15, 0.2) is 0 Å². The molecular weight excluding hydrogens is 336 g/mol. The normalized spacial score (nSPS) is 12.2. The average molecular weight is 364 g/mol. The molecule has 144 valence electrons. The van der Waals surface area contributed by atoms with Crippen molar-refractivity contribution in [3.63, 3.8) is 0 Å². The maximum atomic E-state index is 12.3. The highest BCUT2D eigenvalue weighted by atomic mass is 16.6. The number of alkyl carbamates (subject to hydrolysis) is 2. The Morgan fingerprint density at radius 1 is 1.04 bits per heavy atom. The minimum atomic E-state index is -0.894. The summed E-state index contributed by atoms with van der Waals surface area (Å²) in [4.78, 5) is 36.1. The topological polar surface area (TPSA) is 93.7 Å². The van der Waals surface area contributed by atoms with Gasteiger partial charge in [-0.05, 0) is 38.7 Å². The van der Waals surface area contributed by atoms with Crippen LogP contribution >= 0.6 is 0 Å². The van der Waals surface area contributed by atoms with E-state index in [0.29, 0.717) is 6.42 Å². The lowest BCUT2D eigenvalue weighted by molar-refractivity contribution is -0.123. The van der Waals surface area contributed by atoms with E-state index < -0.39 is 29.7 Å². The third kappa shape index (κ3) is 9.05. The Kier molecular flexibility index (Phi) is 8.09. The van der Waals surface area contributed by atoms with Crippen LogP contribution in [0.1, 0.15) is 46.6 Å². The Morgan fingerprint density at radius 3 is 2.19 bits per heavy atom. The molecule has 0 radical (unpaired) electrons. The van der Waals surface area contributed by atoms with Crippen LogP contribution in [-0.2, 0) is 20.9 Å². The van der Waals surface area contributed by atoms with Gasteiger partial charge in [0.2, 0.25) is 0 Å². The van der Waals surface area contributed by atoms with Gasteiger partial charge in [0.25, 0.3) is 5.91 Å². The summed E-state index contributed by atoms with van der Waals surface area (Å²) in [6.07, 6.45) is -1.22. The molecule has 0 aliphatic carbocycles. The van der Waals surface area contributed by atoms with Gasteiger partial charge in [-0.15, -0.1) is 0 Å². The summed E-state index contributed by atoms with van der Waals surface area (Å²) in [6.45, 7) is 9.05. The number of carbonyl (C=O) groups is 3. The van der Waals surface area contributed by atoms with Crippen LogP contribution in [0, 0.1) is 5.92 Å². The standard InChI is InChI=1S/C19H28N2O5/c1-13(2)11-15(20-18(24)26-19(3,4)5)16(22)21-17(23)25-12-14-9-7-6-8-10-14/h6-10,13,15H,11-12H2,1-5H3,(H,20,24)(H,21,22,23). The van der Waals surface area contributed by atoms with Gasteiger partial charge in [0.1, 0.15) is 18.2 Å². The van der Waals surface area contributed by atoms with Crippen LogP contribution in [0.3, 0.4) is 0 Å². The van der Waals surface area contributed by atoms with Crippen molar-refractivity contribution in [3.8, 4) is 0 Å². The first-order valence-corrected chi connectivity index (χ1v) is 8.58. The summed E-state index contributed by atoms with van der Waals surface area (Å²) in [5.74, 6) is -0.511. The number of amides is 3. The van der Waals surface area contributed by atoms with Crippen LogP contribution in [0.4, 0.5) is 9.59 Å². The molecule has 7 heteroatoms. The smallest absolute Gasteiger partial charge is 0.414 e. The Labute approximate surface area is 154 Å². The summed E-state index contributed by atoms with van der Waals surface area (Å²) in [6, 6.07) is 8.22. The van der Waals surface area contributed by atoms with Crippen molar-refractivity contribution < 1.29 is 23.9 Å². The van der Waals surface area contributed by atoms with Crippen molar-refractivity contribution in [2.45, 2.75) is 59.3 Å². The second-order valence-electron chi connectivity index (χ2n) is 7.38. The molecule has 0 bridgehead atoms. The highest BCUT2D eigenvalue weighted by Gasteiger charge is 2.26. The highest BCUT2D eigenvalue weighted by Crippen LogP contribution is 2.10. The Balaban J connectivity index is 2.58. The van der Waals surface area contributed by atoms with Crippen LogP contribution in [0.2, 0.25) is 0 Å². The number of imide groups is 1. The number of benzene rings is 1. The minimum absolute atomic E-state index is 0.0499. The molecule has 2 N–H and O–H groups in total. The molecule has 3 amide bonds. The SMILES string of the molecule is CC(C)CC(NC(=O)OC(C)(C)C)C(=O)NC(=O)OCc1ccccc1. The molecule has 0 aliphatic rings.